The molecule has 0 aliphatic carbocycles. The molecule has 1 saturated heterocycles. The largest absolute Gasteiger partial charge is 0.490 e. The van der Waals surface area contributed by atoms with E-state index in [1.54, 1.807) is 17.4 Å². The lowest BCUT2D eigenvalue weighted by Crippen LogP contribution is -2.48. The number of para-hydroxylation sites is 1. The first-order chi connectivity index (χ1) is 14.7. The Labute approximate surface area is 181 Å². The van der Waals surface area contributed by atoms with E-state index in [4.69, 9.17) is 14.5 Å². The van der Waals surface area contributed by atoms with E-state index in [1.807, 2.05) is 43.0 Å². The van der Waals surface area contributed by atoms with Crippen molar-refractivity contribution in [3.05, 3.63) is 53.0 Å². The molecule has 1 fully saturated rings. The number of ether oxygens (including phenoxy) is 2. The predicted octanol–water partition coefficient (Wildman–Crippen LogP) is 4.05. The second-order valence-electron chi connectivity index (χ2n) is 7.17. The van der Waals surface area contributed by atoms with Crippen LogP contribution >= 0.6 is 11.3 Å². The summed E-state index contributed by atoms with van der Waals surface area (Å²) in [4.78, 5) is 22.0. The van der Waals surface area contributed by atoms with Crippen LogP contribution in [0.4, 0.5) is 0 Å². The van der Waals surface area contributed by atoms with Gasteiger partial charge in [-0.1, -0.05) is 12.1 Å². The number of carbonyl (C=O) groups is 1. The average molecular weight is 426 g/mol. The SMILES string of the molecule is CCOc1ccc(C(=O)N2CCN(Cc3nc4ccccc4s3)CC2)cc1OCC. The molecule has 2 heterocycles. The van der Waals surface area contributed by atoms with Crippen LogP contribution in [0.25, 0.3) is 10.2 Å². The number of carbonyl (C=O) groups excluding carboxylic acids is 1. The summed E-state index contributed by atoms with van der Waals surface area (Å²) < 4.78 is 12.5. The van der Waals surface area contributed by atoms with Gasteiger partial charge in [0.1, 0.15) is 5.01 Å². The van der Waals surface area contributed by atoms with Crippen molar-refractivity contribution in [1.29, 1.82) is 0 Å². The van der Waals surface area contributed by atoms with Crippen molar-refractivity contribution in [1.82, 2.24) is 14.8 Å². The molecule has 0 radical (unpaired) electrons. The van der Waals surface area contributed by atoms with Gasteiger partial charge in [-0.05, 0) is 44.2 Å². The van der Waals surface area contributed by atoms with E-state index in [2.05, 4.69) is 17.0 Å². The van der Waals surface area contributed by atoms with Gasteiger partial charge in [-0.25, -0.2) is 4.98 Å². The van der Waals surface area contributed by atoms with Gasteiger partial charge in [0.25, 0.3) is 5.91 Å². The minimum Gasteiger partial charge on any atom is -0.490 e. The van der Waals surface area contributed by atoms with E-state index in [-0.39, 0.29) is 5.91 Å². The van der Waals surface area contributed by atoms with E-state index in [9.17, 15) is 4.79 Å². The lowest BCUT2D eigenvalue weighted by molar-refractivity contribution is 0.0628. The highest BCUT2D eigenvalue weighted by Gasteiger charge is 2.23. The lowest BCUT2D eigenvalue weighted by atomic mass is 10.1. The van der Waals surface area contributed by atoms with Gasteiger partial charge in [-0.2, -0.15) is 0 Å². The number of thiazole rings is 1. The summed E-state index contributed by atoms with van der Waals surface area (Å²) >= 11 is 1.75. The summed E-state index contributed by atoms with van der Waals surface area (Å²) in [7, 11) is 0. The first-order valence-corrected chi connectivity index (χ1v) is 11.2. The summed E-state index contributed by atoms with van der Waals surface area (Å²) in [5.41, 5.74) is 1.70. The fraction of sp³-hybridized carbons (Fsp3) is 0.391. The smallest absolute Gasteiger partial charge is 0.254 e. The highest BCUT2D eigenvalue weighted by molar-refractivity contribution is 7.18. The number of fused-ring (bicyclic) bond motifs is 1. The number of hydrogen-bond donors (Lipinski definition) is 0. The minimum atomic E-state index is 0.0404. The van der Waals surface area contributed by atoms with Crippen molar-refractivity contribution in [2.24, 2.45) is 0 Å². The van der Waals surface area contributed by atoms with Gasteiger partial charge in [-0.15, -0.1) is 11.3 Å². The molecule has 158 valence electrons. The van der Waals surface area contributed by atoms with Crippen LogP contribution in [0.1, 0.15) is 29.2 Å². The topological polar surface area (TPSA) is 54.9 Å². The van der Waals surface area contributed by atoms with E-state index >= 15 is 0 Å². The highest BCUT2D eigenvalue weighted by Crippen LogP contribution is 2.29. The number of aromatic nitrogens is 1. The Bertz CT molecular complexity index is 979. The molecule has 0 bridgehead atoms. The molecule has 0 unspecified atom stereocenters. The molecule has 6 nitrogen and oxygen atoms in total. The maximum atomic E-state index is 13.0. The summed E-state index contributed by atoms with van der Waals surface area (Å²) in [6.07, 6.45) is 0. The summed E-state index contributed by atoms with van der Waals surface area (Å²) in [5.74, 6) is 1.34. The third-order valence-corrected chi connectivity index (χ3v) is 6.17. The number of amides is 1. The van der Waals surface area contributed by atoms with Crippen molar-refractivity contribution in [2.45, 2.75) is 20.4 Å². The van der Waals surface area contributed by atoms with Crippen molar-refractivity contribution in [2.75, 3.05) is 39.4 Å². The first-order valence-electron chi connectivity index (χ1n) is 10.4. The van der Waals surface area contributed by atoms with Gasteiger partial charge in [0.15, 0.2) is 11.5 Å². The lowest BCUT2D eigenvalue weighted by Gasteiger charge is -2.34. The van der Waals surface area contributed by atoms with Gasteiger partial charge in [0.05, 0.1) is 30.0 Å². The van der Waals surface area contributed by atoms with Gasteiger partial charge >= 0.3 is 0 Å². The molecule has 2 aromatic carbocycles. The Kier molecular flexibility index (Phi) is 6.50. The summed E-state index contributed by atoms with van der Waals surface area (Å²) in [6, 6.07) is 13.7. The number of rotatable bonds is 7. The van der Waals surface area contributed by atoms with Crippen LogP contribution in [-0.2, 0) is 6.54 Å². The summed E-state index contributed by atoms with van der Waals surface area (Å²) in [5, 5.41) is 1.13. The van der Waals surface area contributed by atoms with Crippen LogP contribution in [0.2, 0.25) is 0 Å². The van der Waals surface area contributed by atoms with Crippen molar-refractivity contribution in [3.8, 4) is 11.5 Å². The Morgan fingerprint density at radius 1 is 1.00 bits per heavy atom. The molecule has 3 aromatic rings. The summed E-state index contributed by atoms with van der Waals surface area (Å²) in [6.45, 7) is 8.89. The normalized spacial score (nSPS) is 14.8. The highest BCUT2D eigenvalue weighted by atomic mass is 32.1. The zero-order chi connectivity index (χ0) is 20.9. The van der Waals surface area contributed by atoms with Gasteiger partial charge in [0.2, 0.25) is 0 Å². The maximum Gasteiger partial charge on any atom is 0.254 e. The van der Waals surface area contributed by atoms with Crippen LogP contribution in [0.5, 0.6) is 11.5 Å². The van der Waals surface area contributed by atoms with Crippen LogP contribution in [0.3, 0.4) is 0 Å². The molecule has 0 atom stereocenters. The fourth-order valence-corrected chi connectivity index (χ4v) is 4.66. The molecular formula is C23H27N3O3S. The molecule has 0 spiro atoms. The Balaban J connectivity index is 1.37. The number of benzene rings is 2. The predicted molar refractivity (Wildman–Crippen MR) is 120 cm³/mol. The van der Waals surface area contributed by atoms with E-state index in [0.29, 0.717) is 43.4 Å². The first kappa shape index (κ1) is 20.6. The molecule has 1 aromatic heterocycles. The molecule has 1 amide bonds. The quantitative estimate of drug-likeness (QED) is 0.572. The van der Waals surface area contributed by atoms with Crippen LogP contribution in [0.15, 0.2) is 42.5 Å². The molecule has 0 saturated carbocycles. The van der Waals surface area contributed by atoms with Crippen molar-refractivity contribution >= 4 is 27.5 Å². The number of piperazine rings is 1. The van der Waals surface area contributed by atoms with E-state index in [0.717, 1.165) is 30.2 Å². The van der Waals surface area contributed by atoms with E-state index < -0.39 is 0 Å². The van der Waals surface area contributed by atoms with E-state index in [1.165, 1.54) is 4.70 Å². The van der Waals surface area contributed by atoms with Crippen LogP contribution < -0.4 is 9.47 Å². The second kappa shape index (κ2) is 9.45. The Hall–Kier alpha value is -2.64. The molecule has 30 heavy (non-hydrogen) atoms. The van der Waals surface area contributed by atoms with Gasteiger partial charge < -0.3 is 14.4 Å². The standard InChI is InChI=1S/C23H27N3O3S/c1-3-28-19-10-9-17(15-20(19)29-4-2)23(27)26-13-11-25(12-14-26)16-22-24-18-7-5-6-8-21(18)30-22/h5-10,15H,3-4,11-14,16H2,1-2H3. The second-order valence-corrected chi connectivity index (χ2v) is 8.29. The minimum absolute atomic E-state index is 0.0404. The van der Waals surface area contributed by atoms with Crippen molar-refractivity contribution < 1.29 is 14.3 Å². The van der Waals surface area contributed by atoms with Gasteiger partial charge in [-0.3, -0.25) is 9.69 Å². The molecule has 1 aliphatic rings. The van der Waals surface area contributed by atoms with Gasteiger partial charge in [0, 0.05) is 31.7 Å². The molecular weight excluding hydrogens is 398 g/mol. The van der Waals surface area contributed by atoms with Crippen LogP contribution in [0, 0.1) is 0 Å². The average Bonchev–Trinajstić information content (AvgIpc) is 3.17. The Morgan fingerprint density at radius 2 is 1.73 bits per heavy atom. The number of nitrogens with zero attached hydrogens (tertiary/aromatic N) is 3. The zero-order valence-electron chi connectivity index (χ0n) is 17.5. The third-order valence-electron chi connectivity index (χ3n) is 5.15. The molecule has 1 aliphatic heterocycles. The maximum absolute atomic E-state index is 13.0. The third kappa shape index (κ3) is 4.57. The van der Waals surface area contributed by atoms with Crippen molar-refractivity contribution in [3.63, 3.8) is 0 Å². The zero-order valence-corrected chi connectivity index (χ0v) is 18.3. The van der Waals surface area contributed by atoms with Crippen LogP contribution in [-0.4, -0.2) is 60.1 Å². The monoisotopic (exact) mass is 425 g/mol. The molecule has 0 N–H and O–H groups in total. The number of hydrogen-bond acceptors (Lipinski definition) is 6. The fourth-order valence-electron chi connectivity index (χ4n) is 3.65. The molecule has 7 heteroatoms. The Morgan fingerprint density at radius 3 is 2.47 bits per heavy atom. The molecule has 4 rings (SSSR count).